The molecule has 0 aromatic heterocycles. The molecular formula is C15H20N2O. The topological polar surface area (TPSA) is 52.9 Å². The zero-order valence-corrected chi connectivity index (χ0v) is 11.2. The molecule has 3 heteroatoms. The van der Waals surface area contributed by atoms with Crippen molar-refractivity contribution in [2.45, 2.75) is 39.7 Å². The van der Waals surface area contributed by atoms with Gasteiger partial charge in [-0.1, -0.05) is 37.3 Å². The zero-order valence-electron chi connectivity index (χ0n) is 11.2. The molecule has 0 fully saturated rings. The largest absolute Gasteiger partial charge is 0.352 e. The Labute approximate surface area is 109 Å². The van der Waals surface area contributed by atoms with Gasteiger partial charge < -0.3 is 5.32 Å². The monoisotopic (exact) mass is 244 g/mol. The summed E-state index contributed by atoms with van der Waals surface area (Å²) in [5.41, 5.74) is 0.255. The van der Waals surface area contributed by atoms with E-state index in [1.54, 1.807) is 6.92 Å². The third-order valence-electron chi connectivity index (χ3n) is 3.22. The van der Waals surface area contributed by atoms with Gasteiger partial charge in [-0.25, -0.2) is 0 Å². The molecule has 0 bridgehead atoms. The highest BCUT2D eigenvalue weighted by atomic mass is 16.2. The fraction of sp³-hybridized carbons (Fsp3) is 0.467. The van der Waals surface area contributed by atoms with Crippen molar-refractivity contribution in [1.82, 2.24) is 5.32 Å². The summed E-state index contributed by atoms with van der Waals surface area (Å²) in [4.78, 5) is 12.0. The molecule has 2 unspecified atom stereocenters. The molecule has 0 aliphatic rings. The van der Waals surface area contributed by atoms with Crippen LogP contribution >= 0.6 is 0 Å². The average molecular weight is 244 g/mol. The second-order valence-electron chi connectivity index (χ2n) is 4.86. The van der Waals surface area contributed by atoms with Crippen LogP contribution in [0, 0.1) is 16.7 Å². The number of nitrogens with zero attached hydrogens (tertiary/aromatic N) is 1. The average Bonchev–Trinajstić information content (AvgIpc) is 2.38. The van der Waals surface area contributed by atoms with Crippen LogP contribution in [0.25, 0.3) is 0 Å². The number of carbonyl (C=O) groups is 1. The number of hydrogen-bond donors (Lipinski definition) is 1. The summed E-state index contributed by atoms with van der Waals surface area (Å²) in [5, 5.41) is 12.0. The Morgan fingerprint density at radius 3 is 2.56 bits per heavy atom. The summed E-state index contributed by atoms with van der Waals surface area (Å²) >= 11 is 0. The third-order valence-corrected chi connectivity index (χ3v) is 3.22. The third kappa shape index (κ3) is 3.59. The first-order valence-electron chi connectivity index (χ1n) is 6.28. The summed E-state index contributed by atoms with van der Waals surface area (Å²) in [7, 11) is 0. The molecule has 0 aliphatic heterocycles. The van der Waals surface area contributed by atoms with Crippen LogP contribution < -0.4 is 5.32 Å². The normalized spacial score (nSPS) is 15.2. The van der Waals surface area contributed by atoms with Crippen LogP contribution in [0.5, 0.6) is 0 Å². The van der Waals surface area contributed by atoms with E-state index in [4.69, 9.17) is 5.26 Å². The van der Waals surface area contributed by atoms with Crippen molar-refractivity contribution >= 4 is 5.91 Å². The molecule has 2 atom stereocenters. The molecule has 1 rings (SSSR count). The molecular weight excluding hydrogens is 224 g/mol. The highest BCUT2D eigenvalue weighted by Crippen LogP contribution is 2.20. The zero-order chi connectivity index (χ0) is 13.6. The molecule has 18 heavy (non-hydrogen) atoms. The Bertz CT molecular complexity index is 436. The molecule has 0 spiro atoms. The van der Waals surface area contributed by atoms with E-state index in [1.807, 2.05) is 44.2 Å². The number of benzene rings is 1. The van der Waals surface area contributed by atoms with Gasteiger partial charge >= 0.3 is 0 Å². The van der Waals surface area contributed by atoms with Crippen molar-refractivity contribution < 1.29 is 4.79 Å². The van der Waals surface area contributed by atoms with Crippen LogP contribution in [0.4, 0.5) is 0 Å². The van der Waals surface area contributed by atoms with Crippen LogP contribution in [-0.2, 0) is 11.2 Å². The van der Waals surface area contributed by atoms with E-state index < -0.39 is 5.41 Å². The lowest BCUT2D eigenvalue weighted by Crippen LogP contribution is -2.43. The molecule has 3 nitrogen and oxygen atoms in total. The first-order chi connectivity index (χ1) is 8.51. The smallest absolute Gasteiger partial charge is 0.240 e. The van der Waals surface area contributed by atoms with Crippen LogP contribution in [0.15, 0.2) is 30.3 Å². The van der Waals surface area contributed by atoms with Gasteiger partial charge in [-0.15, -0.1) is 0 Å². The van der Waals surface area contributed by atoms with Gasteiger partial charge in [0.1, 0.15) is 5.41 Å². The van der Waals surface area contributed by atoms with E-state index in [0.29, 0.717) is 6.42 Å². The number of rotatable bonds is 5. The Kier molecular flexibility index (Phi) is 4.91. The van der Waals surface area contributed by atoms with Crippen molar-refractivity contribution in [1.29, 1.82) is 5.26 Å². The predicted molar refractivity (Wildman–Crippen MR) is 71.8 cm³/mol. The molecule has 0 heterocycles. The van der Waals surface area contributed by atoms with Crippen LogP contribution in [0.1, 0.15) is 32.8 Å². The van der Waals surface area contributed by atoms with Crippen LogP contribution in [-0.4, -0.2) is 11.9 Å². The number of hydrogen-bond acceptors (Lipinski definition) is 2. The van der Waals surface area contributed by atoms with Crippen molar-refractivity contribution in [3.63, 3.8) is 0 Å². The van der Waals surface area contributed by atoms with E-state index in [2.05, 4.69) is 11.4 Å². The quantitative estimate of drug-likeness (QED) is 0.865. The second kappa shape index (κ2) is 6.20. The van der Waals surface area contributed by atoms with E-state index in [-0.39, 0.29) is 11.9 Å². The number of nitriles is 1. The first kappa shape index (κ1) is 14.2. The highest BCUT2D eigenvalue weighted by molar-refractivity contribution is 5.85. The van der Waals surface area contributed by atoms with Crippen molar-refractivity contribution in [3.8, 4) is 6.07 Å². The Balaban J connectivity index is 2.58. The lowest BCUT2D eigenvalue weighted by atomic mass is 9.88. The van der Waals surface area contributed by atoms with Gasteiger partial charge in [-0.3, -0.25) is 4.79 Å². The Morgan fingerprint density at radius 2 is 2.06 bits per heavy atom. The standard InChI is InChI=1S/C15H20N2O/c1-4-15(3,11-16)14(18)17-12(2)10-13-8-6-5-7-9-13/h5-9,12H,4,10H2,1-3H3,(H,17,18). The van der Waals surface area contributed by atoms with Crippen LogP contribution in [0.3, 0.4) is 0 Å². The van der Waals surface area contributed by atoms with Crippen molar-refractivity contribution in [2.75, 3.05) is 0 Å². The minimum absolute atomic E-state index is 0.0270. The summed E-state index contributed by atoms with van der Waals surface area (Å²) < 4.78 is 0. The number of amides is 1. The Hall–Kier alpha value is -1.82. The maximum atomic E-state index is 12.0. The minimum atomic E-state index is -0.926. The maximum Gasteiger partial charge on any atom is 0.240 e. The van der Waals surface area contributed by atoms with Crippen LogP contribution in [0.2, 0.25) is 0 Å². The number of carbonyl (C=O) groups excluding carboxylic acids is 1. The molecule has 1 N–H and O–H groups in total. The highest BCUT2D eigenvalue weighted by Gasteiger charge is 2.31. The molecule has 0 saturated carbocycles. The Morgan fingerprint density at radius 1 is 1.44 bits per heavy atom. The lowest BCUT2D eigenvalue weighted by Gasteiger charge is -2.22. The molecule has 1 amide bonds. The molecule has 96 valence electrons. The fourth-order valence-corrected chi connectivity index (χ4v) is 1.69. The van der Waals surface area contributed by atoms with Gasteiger partial charge in [0, 0.05) is 6.04 Å². The van der Waals surface area contributed by atoms with E-state index >= 15 is 0 Å². The number of nitrogens with one attached hydrogen (secondary N) is 1. The fourth-order valence-electron chi connectivity index (χ4n) is 1.69. The molecule has 1 aromatic rings. The van der Waals surface area contributed by atoms with E-state index in [1.165, 1.54) is 5.56 Å². The lowest BCUT2D eigenvalue weighted by molar-refractivity contribution is -0.128. The molecule has 1 aromatic carbocycles. The summed E-state index contributed by atoms with van der Waals surface area (Å²) in [6.45, 7) is 5.49. The van der Waals surface area contributed by atoms with Gasteiger partial charge in [-0.2, -0.15) is 5.26 Å². The first-order valence-corrected chi connectivity index (χ1v) is 6.28. The van der Waals surface area contributed by atoms with E-state index in [0.717, 1.165) is 6.42 Å². The summed E-state index contributed by atoms with van der Waals surface area (Å²) in [6, 6.07) is 12.1. The van der Waals surface area contributed by atoms with Crippen molar-refractivity contribution in [3.05, 3.63) is 35.9 Å². The van der Waals surface area contributed by atoms with Crippen molar-refractivity contribution in [2.24, 2.45) is 5.41 Å². The van der Waals surface area contributed by atoms with E-state index in [9.17, 15) is 4.79 Å². The molecule has 0 radical (unpaired) electrons. The predicted octanol–water partition coefficient (Wildman–Crippen LogP) is 2.67. The summed E-state index contributed by atoms with van der Waals surface area (Å²) in [5.74, 6) is -0.184. The van der Waals surface area contributed by atoms with Gasteiger partial charge in [0.05, 0.1) is 6.07 Å². The van der Waals surface area contributed by atoms with Gasteiger partial charge in [0.2, 0.25) is 5.91 Å². The van der Waals surface area contributed by atoms with Gasteiger partial charge in [0.15, 0.2) is 0 Å². The SMILES string of the molecule is CCC(C)(C#N)C(=O)NC(C)Cc1ccccc1. The summed E-state index contributed by atoms with van der Waals surface area (Å²) in [6.07, 6.45) is 1.30. The minimum Gasteiger partial charge on any atom is -0.352 e. The maximum absolute atomic E-state index is 12.0. The van der Waals surface area contributed by atoms with Gasteiger partial charge in [-0.05, 0) is 32.3 Å². The molecule has 0 aliphatic carbocycles. The second-order valence-corrected chi connectivity index (χ2v) is 4.86. The van der Waals surface area contributed by atoms with Gasteiger partial charge in [0.25, 0.3) is 0 Å². The molecule has 0 saturated heterocycles.